The van der Waals surface area contributed by atoms with E-state index in [4.69, 9.17) is 9.29 Å². The van der Waals surface area contributed by atoms with Crippen LogP contribution in [0.15, 0.2) is 60.5 Å². The van der Waals surface area contributed by atoms with Gasteiger partial charge in [-0.2, -0.15) is 0 Å². The Morgan fingerprint density at radius 3 is 1.89 bits per heavy atom. The zero-order valence-electron chi connectivity index (χ0n) is 19.6. The molecule has 2 atom stereocenters. The lowest BCUT2D eigenvalue weighted by Crippen LogP contribution is -2.34. The van der Waals surface area contributed by atoms with Gasteiger partial charge in [-0.3, -0.25) is 4.79 Å². The van der Waals surface area contributed by atoms with Gasteiger partial charge in [0.1, 0.15) is 0 Å². The first-order valence-electron chi connectivity index (χ1n) is 10.1. The molecule has 0 saturated carbocycles. The number of benzene rings is 1. The number of rotatable bonds is 7. The SMILES string of the molecule is C=CC.C=CC(C)S(OCCC(=O)O)(c1ccccc1)C(C)(C)C.CC.CC. The average Bonchev–Trinajstić information content (AvgIpc) is 2.68. The third-order valence-corrected chi connectivity index (χ3v) is 8.01. The number of carbonyl (C=O) groups is 1. The Morgan fingerprint density at radius 1 is 1.14 bits per heavy atom. The summed E-state index contributed by atoms with van der Waals surface area (Å²) in [5.41, 5.74) is 0. The van der Waals surface area contributed by atoms with Gasteiger partial charge in [0.15, 0.2) is 0 Å². The van der Waals surface area contributed by atoms with Crippen LogP contribution in [0.25, 0.3) is 0 Å². The van der Waals surface area contributed by atoms with E-state index in [2.05, 4.69) is 53.0 Å². The van der Waals surface area contributed by atoms with Gasteiger partial charge in [0, 0.05) is 14.9 Å². The minimum absolute atomic E-state index is 0.0154. The molecule has 1 N–H and O–H groups in total. The minimum atomic E-state index is -1.70. The quantitative estimate of drug-likeness (QED) is 0.463. The van der Waals surface area contributed by atoms with Crippen molar-refractivity contribution in [3.8, 4) is 0 Å². The summed E-state index contributed by atoms with van der Waals surface area (Å²) in [5.74, 6) is -0.837. The van der Waals surface area contributed by atoms with E-state index in [0.717, 1.165) is 4.90 Å². The van der Waals surface area contributed by atoms with Gasteiger partial charge in [0.2, 0.25) is 0 Å². The van der Waals surface area contributed by atoms with Crippen molar-refractivity contribution in [2.24, 2.45) is 0 Å². The molecule has 164 valence electrons. The van der Waals surface area contributed by atoms with Crippen LogP contribution in [0.4, 0.5) is 0 Å². The molecule has 0 aliphatic heterocycles. The first-order chi connectivity index (χ1) is 13.2. The molecule has 0 fully saturated rings. The van der Waals surface area contributed by atoms with Crippen molar-refractivity contribution in [2.45, 2.75) is 83.6 Å². The summed E-state index contributed by atoms with van der Waals surface area (Å²) in [6.07, 6.45) is 3.68. The number of aliphatic carboxylic acids is 1. The summed E-state index contributed by atoms with van der Waals surface area (Å²) < 4.78 is 6.15. The van der Waals surface area contributed by atoms with Gasteiger partial charge in [-0.15, -0.1) is 13.2 Å². The fourth-order valence-corrected chi connectivity index (χ4v) is 6.63. The normalized spacial score (nSPS) is 14.0. The van der Waals surface area contributed by atoms with Crippen molar-refractivity contribution < 1.29 is 14.1 Å². The fraction of sp³-hybridized carbons (Fsp3) is 0.542. The van der Waals surface area contributed by atoms with E-state index in [0.29, 0.717) is 0 Å². The van der Waals surface area contributed by atoms with Crippen LogP contribution < -0.4 is 0 Å². The Kier molecular flexibility index (Phi) is 19.6. The lowest BCUT2D eigenvalue weighted by atomic mass is 10.3. The first-order valence-corrected chi connectivity index (χ1v) is 11.7. The van der Waals surface area contributed by atoms with Crippen molar-refractivity contribution in [1.82, 2.24) is 0 Å². The second-order valence-corrected chi connectivity index (χ2v) is 10.2. The lowest BCUT2D eigenvalue weighted by molar-refractivity contribution is -0.137. The fourth-order valence-electron chi connectivity index (χ4n) is 2.50. The lowest BCUT2D eigenvalue weighted by Gasteiger charge is -2.53. The van der Waals surface area contributed by atoms with E-state index in [1.165, 1.54) is 0 Å². The molecule has 0 radical (unpaired) electrons. The Hall–Kier alpha value is -1.52. The van der Waals surface area contributed by atoms with Crippen molar-refractivity contribution in [3.63, 3.8) is 0 Å². The summed E-state index contributed by atoms with van der Waals surface area (Å²) in [7, 11) is -1.70. The van der Waals surface area contributed by atoms with Gasteiger partial charge in [0.25, 0.3) is 0 Å². The number of allylic oxidation sites excluding steroid dienone is 1. The summed E-state index contributed by atoms with van der Waals surface area (Å²) in [6, 6.07) is 10.1. The zero-order chi connectivity index (χ0) is 22.8. The van der Waals surface area contributed by atoms with Crippen molar-refractivity contribution in [1.29, 1.82) is 0 Å². The van der Waals surface area contributed by atoms with Gasteiger partial charge >= 0.3 is 5.97 Å². The van der Waals surface area contributed by atoms with Crippen LogP contribution in [-0.2, 0) is 8.98 Å². The van der Waals surface area contributed by atoms with Gasteiger partial charge in [0.05, 0.1) is 13.0 Å². The standard InChI is InChI=1S/C17H26O3S.C3H6.2C2H6/c1-6-14(2)21(17(3,4)5,20-13-12-16(18)19)15-10-8-7-9-11-15;1-3-2;2*1-2/h6-11,14H,1,12-13H2,2-5H3,(H,18,19);3H,1H2,2H3;2*1-2H3. The van der Waals surface area contributed by atoms with Crippen molar-refractivity contribution in [2.75, 3.05) is 6.61 Å². The predicted octanol–water partition coefficient (Wildman–Crippen LogP) is 7.87. The Morgan fingerprint density at radius 2 is 1.57 bits per heavy atom. The van der Waals surface area contributed by atoms with Gasteiger partial charge in [-0.25, -0.2) is 0 Å². The topological polar surface area (TPSA) is 46.5 Å². The smallest absolute Gasteiger partial charge is 0.305 e. The Balaban J connectivity index is -0.000000789. The highest BCUT2D eigenvalue weighted by atomic mass is 32.3. The van der Waals surface area contributed by atoms with Crippen molar-refractivity contribution in [3.05, 3.63) is 55.6 Å². The summed E-state index contributed by atoms with van der Waals surface area (Å²) in [4.78, 5) is 12.0. The van der Waals surface area contributed by atoms with Crippen molar-refractivity contribution >= 4 is 16.3 Å². The highest BCUT2D eigenvalue weighted by Gasteiger charge is 2.43. The first kappa shape index (κ1) is 31.2. The molecule has 4 heteroatoms. The van der Waals surface area contributed by atoms with E-state index in [1.54, 1.807) is 6.08 Å². The van der Waals surface area contributed by atoms with E-state index in [1.807, 2.05) is 58.9 Å². The molecule has 0 saturated heterocycles. The molecule has 28 heavy (non-hydrogen) atoms. The van der Waals surface area contributed by atoms with Gasteiger partial charge < -0.3 is 9.29 Å². The van der Waals surface area contributed by atoms with E-state index in [-0.39, 0.29) is 23.0 Å². The number of carboxylic acid groups (broad SMARTS) is 1. The van der Waals surface area contributed by atoms with E-state index < -0.39 is 16.3 Å². The van der Waals surface area contributed by atoms with Crippen LogP contribution in [0.1, 0.15) is 68.7 Å². The highest BCUT2D eigenvalue weighted by Crippen LogP contribution is 2.69. The van der Waals surface area contributed by atoms with E-state index in [9.17, 15) is 4.79 Å². The van der Waals surface area contributed by atoms with Crippen LogP contribution in [0.3, 0.4) is 0 Å². The van der Waals surface area contributed by atoms with Crippen LogP contribution in [0.5, 0.6) is 0 Å². The molecule has 1 aromatic carbocycles. The maximum atomic E-state index is 10.8. The maximum Gasteiger partial charge on any atom is 0.305 e. The molecule has 0 spiro atoms. The molecule has 3 nitrogen and oxygen atoms in total. The molecular formula is C24H44O3S. The molecule has 2 unspecified atom stereocenters. The third-order valence-electron chi connectivity index (χ3n) is 3.44. The maximum absolute atomic E-state index is 10.8. The number of carboxylic acids is 1. The molecule has 0 aromatic heterocycles. The van der Waals surface area contributed by atoms with E-state index >= 15 is 0 Å². The molecule has 0 aliphatic carbocycles. The second-order valence-electron chi connectivity index (χ2n) is 6.34. The number of hydrogen-bond donors (Lipinski definition) is 1. The average molecular weight is 413 g/mol. The monoisotopic (exact) mass is 412 g/mol. The molecule has 0 aliphatic rings. The zero-order valence-corrected chi connectivity index (χ0v) is 20.4. The third kappa shape index (κ3) is 10.1. The molecule has 1 aromatic rings. The largest absolute Gasteiger partial charge is 0.481 e. The van der Waals surface area contributed by atoms with Crippen LogP contribution in [0.2, 0.25) is 0 Å². The molecule has 0 heterocycles. The Bertz CT molecular complexity index is 520. The highest BCUT2D eigenvalue weighted by molar-refractivity contribution is 8.31. The predicted molar refractivity (Wildman–Crippen MR) is 128 cm³/mol. The summed E-state index contributed by atoms with van der Waals surface area (Å²) >= 11 is 0. The Labute approximate surface area is 176 Å². The molecule has 0 amide bonds. The molecule has 0 bridgehead atoms. The molecular weight excluding hydrogens is 368 g/mol. The van der Waals surface area contributed by atoms with Gasteiger partial charge in [-0.1, -0.05) is 89.1 Å². The minimum Gasteiger partial charge on any atom is -0.481 e. The molecule has 1 rings (SSSR count). The van der Waals surface area contributed by atoms with Crippen LogP contribution >= 0.6 is 10.3 Å². The van der Waals surface area contributed by atoms with Gasteiger partial charge in [-0.05, 0) is 26.0 Å². The van der Waals surface area contributed by atoms with Crippen LogP contribution in [-0.4, -0.2) is 27.7 Å². The second kappa shape index (κ2) is 17.6. The van der Waals surface area contributed by atoms with Crippen LogP contribution in [0, 0.1) is 0 Å². The number of hydrogen-bond acceptors (Lipinski definition) is 2. The summed E-state index contributed by atoms with van der Waals surface area (Å²) in [6.45, 7) is 25.9. The summed E-state index contributed by atoms with van der Waals surface area (Å²) in [5, 5.41) is 9.02.